The molecule has 1 aromatic carbocycles. The predicted octanol–water partition coefficient (Wildman–Crippen LogP) is 2.22. The maximum atomic E-state index is 6.06. The number of likely N-dealkylation sites (N-methyl/N-ethyl adjacent to an activating group) is 1. The van der Waals surface area contributed by atoms with Crippen LogP contribution >= 0.6 is 0 Å². The summed E-state index contributed by atoms with van der Waals surface area (Å²) in [5.41, 5.74) is 2.52. The van der Waals surface area contributed by atoms with E-state index in [0.717, 1.165) is 36.1 Å². The van der Waals surface area contributed by atoms with E-state index in [1.165, 1.54) is 5.56 Å². The summed E-state index contributed by atoms with van der Waals surface area (Å²) in [6, 6.07) is 4.33. The van der Waals surface area contributed by atoms with Crippen molar-refractivity contribution in [1.29, 1.82) is 0 Å². The highest BCUT2D eigenvalue weighted by atomic mass is 16.5. The fourth-order valence-electron chi connectivity index (χ4n) is 3.48. The van der Waals surface area contributed by atoms with E-state index < -0.39 is 0 Å². The fraction of sp³-hybridized carbons (Fsp3) is 0.600. The molecule has 3 unspecified atom stereocenters. The van der Waals surface area contributed by atoms with Crippen LogP contribution in [-0.4, -0.2) is 38.6 Å². The number of benzene rings is 1. The summed E-state index contributed by atoms with van der Waals surface area (Å²) in [5, 5.41) is 0. The summed E-state index contributed by atoms with van der Waals surface area (Å²) in [6.45, 7) is 6.45. The zero-order chi connectivity index (χ0) is 13.1. The summed E-state index contributed by atoms with van der Waals surface area (Å²) < 4.78 is 11.9. The largest absolute Gasteiger partial charge is 0.562 e. The Morgan fingerprint density at radius 3 is 2.89 bits per heavy atom. The number of ether oxygens (including phenoxy) is 1. The molecule has 99 valence electrons. The van der Waals surface area contributed by atoms with Gasteiger partial charge in [-0.25, -0.2) is 0 Å². The van der Waals surface area contributed by atoms with Crippen LogP contribution in [0.5, 0.6) is 11.5 Å². The first-order valence-electron chi connectivity index (χ1n) is 7.14. The molecule has 3 aliphatic rings. The quantitative estimate of drug-likeness (QED) is 0.757. The van der Waals surface area contributed by atoms with E-state index in [4.69, 9.17) is 9.39 Å². The highest BCUT2D eigenvalue weighted by Gasteiger charge is 2.53. The Morgan fingerprint density at radius 1 is 1.37 bits per heavy atom. The molecule has 0 aromatic heterocycles. The van der Waals surface area contributed by atoms with Gasteiger partial charge in [-0.2, -0.15) is 0 Å². The van der Waals surface area contributed by atoms with Crippen LogP contribution in [-0.2, 0) is 0 Å². The van der Waals surface area contributed by atoms with Crippen LogP contribution in [0.4, 0.5) is 0 Å². The van der Waals surface area contributed by atoms with Gasteiger partial charge in [-0.15, -0.1) is 0 Å². The van der Waals surface area contributed by atoms with Gasteiger partial charge in [-0.3, -0.25) is 4.90 Å². The second kappa shape index (κ2) is 3.92. The summed E-state index contributed by atoms with van der Waals surface area (Å²) in [6.07, 6.45) is 0.335. The Labute approximate surface area is 115 Å². The molecule has 3 atom stereocenters. The minimum Gasteiger partial charge on any atom is -0.562 e. The maximum Gasteiger partial charge on any atom is 0.374 e. The van der Waals surface area contributed by atoms with E-state index in [2.05, 4.69) is 37.9 Å². The SMILES string of the molecule is Cc1c(OC2CN(C)C2)ccc2c1O[B]C1C(C)C21. The lowest BCUT2D eigenvalue weighted by molar-refractivity contribution is 0.0382. The maximum absolute atomic E-state index is 6.06. The number of hydrogen-bond donors (Lipinski definition) is 0. The van der Waals surface area contributed by atoms with Gasteiger partial charge in [0, 0.05) is 18.7 Å². The van der Waals surface area contributed by atoms with Crippen molar-refractivity contribution in [2.24, 2.45) is 5.92 Å². The van der Waals surface area contributed by atoms with Gasteiger partial charge >= 0.3 is 7.48 Å². The number of likely N-dealkylation sites (tertiary alicyclic amines) is 1. The molecule has 0 bridgehead atoms. The molecule has 1 aromatic rings. The molecule has 2 aliphatic heterocycles. The number of fused-ring (bicyclic) bond motifs is 3. The minimum atomic E-state index is 0.335. The van der Waals surface area contributed by atoms with Crippen molar-refractivity contribution in [2.75, 3.05) is 20.1 Å². The normalized spacial score (nSPS) is 32.5. The van der Waals surface area contributed by atoms with Crippen molar-refractivity contribution in [3.8, 4) is 11.5 Å². The summed E-state index contributed by atoms with van der Waals surface area (Å²) >= 11 is 0. The molecule has 2 heterocycles. The van der Waals surface area contributed by atoms with Gasteiger partial charge in [0.1, 0.15) is 17.6 Å². The highest BCUT2D eigenvalue weighted by molar-refractivity contribution is 6.34. The van der Waals surface area contributed by atoms with Gasteiger partial charge in [-0.1, -0.05) is 13.0 Å². The zero-order valence-corrected chi connectivity index (χ0v) is 11.7. The summed E-state index contributed by atoms with van der Waals surface area (Å²) in [5.74, 6) is 4.05. The molecule has 0 N–H and O–H groups in total. The van der Waals surface area contributed by atoms with Crippen LogP contribution in [0.2, 0.25) is 5.82 Å². The van der Waals surface area contributed by atoms with Crippen molar-refractivity contribution >= 4 is 7.48 Å². The van der Waals surface area contributed by atoms with Gasteiger partial charge in [0.05, 0.1) is 0 Å². The first kappa shape index (κ1) is 11.7. The molecular formula is C15H19BNO2. The molecule has 1 radical (unpaired) electrons. The van der Waals surface area contributed by atoms with E-state index in [9.17, 15) is 0 Å². The van der Waals surface area contributed by atoms with E-state index in [-0.39, 0.29) is 0 Å². The Kier molecular flexibility index (Phi) is 2.40. The van der Waals surface area contributed by atoms with Crippen LogP contribution < -0.4 is 9.39 Å². The molecule has 0 amide bonds. The third kappa shape index (κ3) is 1.69. The van der Waals surface area contributed by atoms with Crippen LogP contribution in [0.15, 0.2) is 12.1 Å². The van der Waals surface area contributed by atoms with Crippen molar-refractivity contribution < 1.29 is 9.39 Å². The minimum absolute atomic E-state index is 0.335. The molecule has 0 spiro atoms. The Hall–Kier alpha value is -1.16. The molecular weight excluding hydrogens is 237 g/mol. The standard InChI is InChI=1S/C15H19BNO2/c1-8-12(18-10-6-17(3)7-10)5-4-11-13-9(2)14(13)16-19-15(8)11/h4-5,9-10,13-14H,6-7H2,1-3H3. The third-order valence-electron chi connectivity index (χ3n) is 4.86. The van der Waals surface area contributed by atoms with E-state index in [0.29, 0.717) is 17.8 Å². The van der Waals surface area contributed by atoms with Crippen LogP contribution in [0.25, 0.3) is 0 Å². The van der Waals surface area contributed by atoms with Crippen molar-refractivity contribution in [2.45, 2.75) is 31.7 Å². The average Bonchev–Trinajstić information content (AvgIpc) is 3.02. The number of rotatable bonds is 2. The average molecular weight is 256 g/mol. The highest BCUT2D eigenvalue weighted by Crippen LogP contribution is 2.63. The van der Waals surface area contributed by atoms with Gasteiger partial charge in [0.25, 0.3) is 0 Å². The van der Waals surface area contributed by atoms with Crippen LogP contribution in [0.3, 0.4) is 0 Å². The zero-order valence-electron chi connectivity index (χ0n) is 11.7. The Bertz CT molecular complexity index is 527. The molecule has 1 aliphatic carbocycles. The number of nitrogens with zero attached hydrogens (tertiary/aromatic N) is 1. The Morgan fingerprint density at radius 2 is 2.16 bits per heavy atom. The monoisotopic (exact) mass is 256 g/mol. The Balaban J connectivity index is 1.60. The van der Waals surface area contributed by atoms with Crippen molar-refractivity contribution in [1.82, 2.24) is 4.90 Å². The summed E-state index contributed by atoms with van der Waals surface area (Å²) in [7, 11) is 4.14. The van der Waals surface area contributed by atoms with Crippen LogP contribution in [0.1, 0.15) is 24.0 Å². The van der Waals surface area contributed by atoms with E-state index in [1.54, 1.807) is 0 Å². The molecule has 2 fully saturated rings. The van der Waals surface area contributed by atoms with Crippen molar-refractivity contribution in [3.63, 3.8) is 0 Å². The van der Waals surface area contributed by atoms with E-state index >= 15 is 0 Å². The lowest BCUT2D eigenvalue weighted by Crippen LogP contribution is -2.51. The topological polar surface area (TPSA) is 21.7 Å². The molecule has 1 saturated carbocycles. The molecule has 4 rings (SSSR count). The fourth-order valence-corrected chi connectivity index (χ4v) is 3.48. The lowest BCUT2D eigenvalue weighted by Gasteiger charge is -2.36. The van der Waals surface area contributed by atoms with Gasteiger partial charge < -0.3 is 9.39 Å². The number of hydrogen-bond acceptors (Lipinski definition) is 3. The van der Waals surface area contributed by atoms with Gasteiger partial charge in [-0.05, 0) is 43.3 Å². The van der Waals surface area contributed by atoms with Crippen LogP contribution in [0, 0.1) is 12.8 Å². The van der Waals surface area contributed by atoms with Gasteiger partial charge in [0.15, 0.2) is 0 Å². The summed E-state index contributed by atoms with van der Waals surface area (Å²) in [4.78, 5) is 2.26. The first-order chi connectivity index (χ1) is 9.15. The second-order valence-electron chi connectivity index (χ2n) is 6.28. The van der Waals surface area contributed by atoms with Gasteiger partial charge in [0.2, 0.25) is 0 Å². The smallest absolute Gasteiger partial charge is 0.374 e. The third-order valence-corrected chi connectivity index (χ3v) is 4.86. The lowest BCUT2D eigenvalue weighted by atomic mass is 9.84. The van der Waals surface area contributed by atoms with Crippen molar-refractivity contribution in [3.05, 3.63) is 23.3 Å². The molecule has 4 heteroatoms. The first-order valence-corrected chi connectivity index (χ1v) is 7.14. The molecule has 1 saturated heterocycles. The predicted molar refractivity (Wildman–Crippen MR) is 75.1 cm³/mol. The molecule has 19 heavy (non-hydrogen) atoms. The van der Waals surface area contributed by atoms with E-state index in [1.807, 2.05) is 7.48 Å². The second-order valence-corrected chi connectivity index (χ2v) is 6.28. The molecule has 3 nitrogen and oxygen atoms in total.